The molecular formula is C27H26N2O6. The summed E-state index contributed by atoms with van der Waals surface area (Å²) >= 11 is 0. The maximum Gasteiger partial charge on any atom is 0.295 e. The summed E-state index contributed by atoms with van der Waals surface area (Å²) in [5, 5.41) is 11.3. The van der Waals surface area contributed by atoms with Crippen molar-refractivity contribution in [2.75, 3.05) is 20.8 Å². The van der Waals surface area contributed by atoms with Crippen LogP contribution < -0.4 is 14.2 Å². The van der Waals surface area contributed by atoms with Crippen LogP contribution in [-0.2, 0) is 16.1 Å². The van der Waals surface area contributed by atoms with Gasteiger partial charge in [0.1, 0.15) is 11.5 Å². The van der Waals surface area contributed by atoms with Crippen molar-refractivity contribution >= 4 is 17.4 Å². The van der Waals surface area contributed by atoms with Gasteiger partial charge in [-0.25, -0.2) is 0 Å². The summed E-state index contributed by atoms with van der Waals surface area (Å²) in [7, 11) is 3.03. The van der Waals surface area contributed by atoms with Crippen molar-refractivity contribution in [3.8, 4) is 17.2 Å². The van der Waals surface area contributed by atoms with Gasteiger partial charge in [0.25, 0.3) is 11.7 Å². The van der Waals surface area contributed by atoms with Gasteiger partial charge in [0.05, 0.1) is 32.4 Å². The summed E-state index contributed by atoms with van der Waals surface area (Å²) in [6.07, 6.45) is 3.24. The average molecular weight is 475 g/mol. The number of nitrogens with zero attached hydrogens (tertiary/aromatic N) is 2. The van der Waals surface area contributed by atoms with Gasteiger partial charge in [0.2, 0.25) is 0 Å². The van der Waals surface area contributed by atoms with Crippen LogP contribution in [0.25, 0.3) is 5.76 Å². The number of Topliss-reactive ketones (excluding diaryl/α,β-unsaturated/α-hetero) is 1. The Bertz CT molecular complexity index is 1270. The number of aliphatic hydroxyl groups excluding tert-OH is 1. The highest BCUT2D eigenvalue weighted by Gasteiger charge is 2.46. The molecule has 1 aliphatic rings. The van der Waals surface area contributed by atoms with Crippen molar-refractivity contribution in [2.45, 2.75) is 19.5 Å². The summed E-state index contributed by atoms with van der Waals surface area (Å²) in [6, 6.07) is 14.6. The molecule has 0 radical (unpaired) electrons. The van der Waals surface area contributed by atoms with E-state index in [1.807, 2.05) is 6.92 Å². The highest BCUT2D eigenvalue weighted by Crippen LogP contribution is 2.42. The van der Waals surface area contributed by atoms with Crippen molar-refractivity contribution < 1.29 is 28.9 Å². The maximum absolute atomic E-state index is 13.3. The third-order valence-corrected chi connectivity index (χ3v) is 5.79. The third kappa shape index (κ3) is 4.68. The van der Waals surface area contributed by atoms with Gasteiger partial charge in [-0.1, -0.05) is 18.2 Å². The first-order valence-electron chi connectivity index (χ1n) is 11.1. The van der Waals surface area contributed by atoms with Crippen molar-refractivity contribution in [3.63, 3.8) is 0 Å². The third-order valence-electron chi connectivity index (χ3n) is 5.79. The number of carbonyl (C=O) groups excluding carboxylic acids is 2. The summed E-state index contributed by atoms with van der Waals surface area (Å²) < 4.78 is 16.4. The topological polar surface area (TPSA) is 98.2 Å². The van der Waals surface area contributed by atoms with E-state index in [2.05, 4.69) is 4.98 Å². The summed E-state index contributed by atoms with van der Waals surface area (Å²) in [4.78, 5) is 32.0. The molecule has 1 aliphatic heterocycles. The van der Waals surface area contributed by atoms with E-state index < -0.39 is 17.7 Å². The Morgan fingerprint density at radius 1 is 1.00 bits per heavy atom. The number of likely N-dealkylation sites (tertiary alicyclic amines) is 1. The maximum atomic E-state index is 13.3. The van der Waals surface area contributed by atoms with Gasteiger partial charge in [-0.3, -0.25) is 14.6 Å². The molecule has 0 bridgehead atoms. The van der Waals surface area contributed by atoms with Gasteiger partial charge >= 0.3 is 0 Å². The number of hydrogen-bond donors (Lipinski definition) is 1. The highest BCUT2D eigenvalue weighted by molar-refractivity contribution is 6.46. The number of aromatic nitrogens is 1. The summed E-state index contributed by atoms with van der Waals surface area (Å²) in [5.41, 5.74) is 1.76. The van der Waals surface area contributed by atoms with Crippen LogP contribution >= 0.6 is 0 Å². The number of amides is 1. The molecule has 1 atom stereocenters. The Labute approximate surface area is 203 Å². The van der Waals surface area contributed by atoms with Crippen LogP contribution in [0.5, 0.6) is 17.2 Å². The second kappa shape index (κ2) is 10.3. The van der Waals surface area contributed by atoms with Gasteiger partial charge < -0.3 is 24.2 Å². The minimum atomic E-state index is -0.848. The van der Waals surface area contributed by atoms with E-state index in [1.54, 1.807) is 67.0 Å². The number of rotatable bonds is 8. The Hall–Kier alpha value is -4.33. The van der Waals surface area contributed by atoms with Crippen molar-refractivity contribution in [2.24, 2.45) is 0 Å². The molecule has 180 valence electrons. The molecule has 8 nitrogen and oxygen atoms in total. The number of pyridine rings is 1. The van der Waals surface area contributed by atoms with Gasteiger partial charge in [-0.15, -0.1) is 0 Å². The number of benzene rings is 2. The van der Waals surface area contributed by atoms with Crippen LogP contribution in [0.2, 0.25) is 0 Å². The molecule has 1 unspecified atom stereocenters. The Morgan fingerprint density at radius 2 is 1.77 bits per heavy atom. The molecule has 0 spiro atoms. The number of aliphatic hydroxyl groups is 1. The van der Waals surface area contributed by atoms with Crippen LogP contribution in [0.1, 0.15) is 29.7 Å². The Balaban J connectivity index is 1.89. The quantitative estimate of drug-likeness (QED) is 0.298. The largest absolute Gasteiger partial charge is 0.507 e. The van der Waals surface area contributed by atoms with Crippen LogP contribution in [0.15, 0.2) is 72.6 Å². The average Bonchev–Trinajstić information content (AvgIpc) is 3.14. The van der Waals surface area contributed by atoms with Crippen molar-refractivity contribution in [1.29, 1.82) is 0 Å². The van der Waals surface area contributed by atoms with E-state index >= 15 is 0 Å². The molecule has 2 heterocycles. The van der Waals surface area contributed by atoms with Crippen LogP contribution in [-0.4, -0.2) is 47.5 Å². The zero-order valence-corrected chi connectivity index (χ0v) is 19.7. The van der Waals surface area contributed by atoms with Crippen LogP contribution in [0.3, 0.4) is 0 Å². The fourth-order valence-electron chi connectivity index (χ4n) is 4.13. The lowest BCUT2D eigenvalue weighted by Gasteiger charge is -2.26. The van der Waals surface area contributed by atoms with Crippen molar-refractivity contribution in [1.82, 2.24) is 9.88 Å². The lowest BCUT2D eigenvalue weighted by molar-refractivity contribution is -0.140. The van der Waals surface area contributed by atoms with Crippen LogP contribution in [0, 0.1) is 0 Å². The molecule has 3 aromatic rings. The predicted molar refractivity (Wildman–Crippen MR) is 129 cm³/mol. The van der Waals surface area contributed by atoms with Gasteiger partial charge in [0, 0.05) is 24.5 Å². The molecule has 0 saturated carbocycles. The van der Waals surface area contributed by atoms with E-state index in [1.165, 1.54) is 19.1 Å². The molecule has 1 N–H and O–H groups in total. The zero-order chi connectivity index (χ0) is 24.9. The zero-order valence-electron chi connectivity index (χ0n) is 19.7. The first kappa shape index (κ1) is 23.8. The standard InChI is InChI=1S/C27H26N2O6/c1-4-35-21-9-8-18(15-22(21)34-3)24-23(25(30)19-6-5-7-20(14-19)33-2)26(31)27(32)29(24)16-17-10-12-28-13-11-17/h5-15,24,30H,4,16H2,1-3H3/b25-23+. The second-order valence-electron chi connectivity index (χ2n) is 7.86. The Kier molecular flexibility index (Phi) is 7.01. The summed E-state index contributed by atoms with van der Waals surface area (Å²) in [6.45, 7) is 2.47. The van der Waals surface area contributed by atoms with E-state index in [9.17, 15) is 14.7 Å². The van der Waals surface area contributed by atoms with E-state index in [0.29, 0.717) is 35.0 Å². The second-order valence-corrected chi connectivity index (χ2v) is 7.86. The fraction of sp³-hybridized carbons (Fsp3) is 0.222. The Morgan fingerprint density at radius 3 is 2.46 bits per heavy atom. The minimum absolute atomic E-state index is 0.0106. The molecule has 35 heavy (non-hydrogen) atoms. The number of methoxy groups -OCH3 is 2. The van der Waals surface area contributed by atoms with Crippen LogP contribution in [0.4, 0.5) is 0 Å². The molecular weight excluding hydrogens is 448 g/mol. The monoisotopic (exact) mass is 474 g/mol. The van der Waals surface area contributed by atoms with Gasteiger partial charge in [0.15, 0.2) is 11.5 Å². The van der Waals surface area contributed by atoms with Gasteiger partial charge in [-0.05, 0) is 54.4 Å². The molecule has 8 heteroatoms. The first-order valence-corrected chi connectivity index (χ1v) is 11.1. The number of carbonyl (C=O) groups is 2. The molecule has 1 saturated heterocycles. The SMILES string of the molecule is CCOc1ccc(C2/C(=C(\O)c3cccc(OC)c3)C(=O)C(=O)N2Cc2ccncc2)cc1OC. The molecule has 0 aliphatic carbocycles. The fourth-order valence-corrected chi connectivity index (χ4v) is 4.13. The molecule has 1 fully saturated rings. The number of ether oxygens (including phenoxy) is 3. The molecule has 1 amide bonds. The minimum Gasteiger partial charge on any atom is -0.507 e. The number of hydrogen-bond acceptors (Lipinski definition) is 7. The molecule has 2 aromatic carbocycles. The highest BCUT2D eigenvalue weighted by atomic mass is 16.5. The normalized spacial score (nSPS) is 16.9. The van der Waals surface area contributed by atoms with Gasteiger partial charge in [-0.2, -0.15) is 0 Å². The lowest BCUT2D eigenvalue weighted by Crippen LogP contribution is -2.29. The molecule has 4 rings (SSSR count). The lowest BCUT2D eigenvalue weighted by atomic mass is 9.94. The summed E-state index contributed by atoms with van der Waals surface area (Å²) in [5.74, 6) is -0.240. The molecule has 1 aromatic heterocycles. The van der Waals surface area contributed by atoms with E-state index in [4.69, 9.17) is 14.2 Å². The van der Waals surface area contributed by atoms with Crippen molar-refractivity contribution in [3.05, 3.63) is 89.3 Å². The number of ketones is 1. The first-order chi connectivity index (χ1) is 17.0. The predicted octanol–water partition coefficient (Wildman–Crippen LogP) is 4.12. The smallest absolute Gasteiger partial charge is 0.295 e. The van der Waals surface area contributed by atoms with E-state index in [-0.39, 0.29) is 17.9 Å². The van der Waals surface area contributed by atoms with E-state index in [0.717, 1.165) is 5.56 Å².